The summed E-state index contributed by atoms with van der Waals surface area (Å²) in [5.74, 6) is 1.57. The van der Waals surface area contributed by atoms with Gasteiger partial charge in [0.2, 0.25) is 0 Å². The SMILES string of the molecule is ClC/C=C/COCCC1CC1. The summed E-state index contributed by atoms with van der Waals surface area (Å²) in [6.07, 6.45) is 7.97. The van der Waals surface area contributed by atoms with Gasteiger partial charge in [0.05, 0.1) is 6.61 Å². The quantitative estimate of drug-likeness (QED) is 0.342. The van der Waals surface area contributed by atoms with Gasteiger partial charge < -0.3 is 4.74 Å². The van der Waals surface area contributed by atoms with Crippen LogP contribution in [0.2, 0.25) is 0 Å². The van der Waals surface area contributed by atoms with Crippen molar-refractivity contribution < 1.29 is 4.74 Å². The third-order valence-electron chi connectivity index (χ3n) is 1.84. The van der Waals surface area contributed by atoms with Crippen LogP contribution in [-0.2, 0) is 4.74 Å². The normalized spacial score (nSPS) is 17.9. The number of ether oxygens (including phenoxy) is 1. The minimum atomic E-state index is 0.589. The Balaban J connectivity index is 1.76. The third kappa shape index (κ3) is 5.28. The van der Waals surface area contributed by atoms with Gasteiger partial charge in [-0.15, -0.1) is 11.6 Å². The average molecular weight is 175 g/mol. The zero-order valence-corrected chi connectivity index (χ0v) is 7.52. The molecule has 0 spiro atoms. The molecule has 0 radical (unpaired) electrons. The van der Waals surface area contributed by atoms with Gasteiger partial charge in [0.1, 0.15) is 0 Å². The largest absolute Gasteiger partial charge is 0.377 e. The first-order valence-electron chi connectivity index (χ1n) is 4.22. The van der Waals surface area contributed by atoms with Gasteiger partial charge in [0.15, 0.2) is 0 Å². The van der Waals surface area contributed by atoms with E-state index < -0.39 is 0 Å². The molecule has 1 rings (SSSR count). The molecule has 0 aromatic heterocycles. The van der Waals surface area contributed by atoms with Crippen LogP contribution >= 0.6 is 11.6 Å². The molecule has 0 aromatic carbocycles. The molecule has 1 fully saturated rings. The van der Waals surface area contributed by atoms with Crippen molar-refractivity contribution >= 4 is 11.6 Å². The fraction of sp³-hybridized carbons (Fsp3) is 0.778. The Morgan fingerprint density at radius 2 is 2.18 bits per heavy atom. The highest BCUT2D eigenvalue weighted by Crippen LogP contribution is 2.31. The Hall–Kier alpha value is -0.0100. The Kier molecular flexibility index (Phi) is 4.64. The molecule has 0 saturated heterocycles. The van der Waals surface area contributed by atoms with Crippen molar-refractivity contribution in [2.24, 2.45) is 5.92 Å². The molecular weight excluding hydrogens is 160 g/mol. The molecule has 1 aliphatic carbocycles. The van der Waals surface area contributed by atoms with E-state index in [0.29, 0.717) is 5.88 Å². The summed E-state index contributed by atoms with van der Waals surface area (Å²) in [6.45, 7) is 1.64. The lowest BCUT2D eigenvalue weighted by atomic mass is 10.3. The molecule has 0 bridgehead atoms. The maximum Gasteiger partial charge on any atom is 0.0647 e. The van der Waals surface area contributed by atoms with Crippen LogP contribution in [0.5, 0.6) is 0 Å². The van der Waals surface area contributed by atoms with E-state index in [1.807, 2.05) is 12.2 Å². The Bertz CT molecular complexity index is 119. The summed E-state index contributed by atoms with van der Waals surface area (Å²) in [7, 11) is 0. The summed E-state index contributed by atoms with van der Waals surface area (Å²) >= 11 is 5.43. The van der Waals surface area contributed by atoms with Gasteiger partial charge in [-0.1, -0.05) is 25.0 Å². The molecule has 64 valence electrons. The number of alkyl halides is 1. The monoisotopic (exact) mass is 174 g/mol. The van der Waals surface area contributed by atoms with Crippen molar-refractivity contribution in [3.8, 4) is 0 Å². The summed E-state index contributed by atoms with van der Waals surface area (Å²) in [5, 5.41) is 0. The van der Waals surface area contributed by atoms with Gasteiger partial charge in [0.25, 0.3) is 0 Å². The number of allylic oxidation sites excluding steroid dienone is 1. The maximum absolute atomic E-state index is 5.43. The fourth-order valence-corrected chi connectivity index (χ4v) is 1.06. The van der Waals surface area contributed by atoms with Crippen LogP contribution in [-0.4, -0.2) is 19.1 Å². The Morgan fingerprint density at radius 1 is 1.36 bits per heavy atom. The van der Waals surface area contributed by atoms with Crippen LogP contribution in [0.4, 0.5) is 0 Å². The van der Waals surface area contributed by atoms with Crippen molar-refractivity contribution in [2.45, 2.75) is 19.3 Å². The van der Waals surface area contributed by atoms with Gasteiger partial charge in [-0.25, -0.2) is 0 Å². The van der Waals surface area contributed by atoms with Crippen molar-refractivity contribution in [1.29, 1.82) is 0 Å². The van der Waals surface area contributed by atoms with E-state index in [-0.39, 0.29) is 0 Å². The second-order valence-electron chi connectivity index (χ2n) is 2.93. The van der Waals surface area contributed by atoms with E-state index in [4.69, 9.17) is 16.3 Å². The second-order valence-corrected chi connectivity index (χ2v) is 3.24. The number of hydrogen-bond donors (Lipinski definition) is 0. The van der Waals surface area contributed by atoms with Gasteiger partial charge in [-0.3, -0.25) is 0 Å². The molecule has 11 heavy (non-hydrogen) atoms. The predicted octanol–water partition coefficient (Wildman–Crippen LogP) is 2.60. The van der Waals surface area contributed by atoms with Gasteiger partial charge in [-0.05, 0) is 12.3 Å². The summed E-state index contributed by atoms with van der Waals surface area (Å²) in [6, 6.07) is 0. The van der Waals surface area contributed by atoms with Crippen molar-refractivity contribution in [3.05, 3.63) is 12.2 Å². The van der Waals surface area contributed by atoms with E-state index in [9.17, 15) is 0 Å². The second kappa shape index (κ2) is 5.62. The van der Waals surface area contributed by atoms with Gasteiger partial charge in [0, 0.05) is 12.5 Å². The molecule has 0 aromatic rings. The standard InChI is InChI=1S/C9H15ClO/c10-6-1-2-7-11-8-5-9-3-4-9/h1-2,9H,3-8H2/b2-1+. The predicted molar refractivity (Wildman–Crippen MR) is 48.0 cm³/mol. The zero-order chi connectivity index (χ0) is 7.94. The minimum absolute atomic E-state index is 0.589. The van der Waals surface area contributed by atoms with E-state index in [0.717, 1.165) is 19.1 Å². The topological polar surface area (TPSA) is 9.23 Å². The first-order valence-corrected chi connectivity index (χ1v) is 4.75. The zero-order valence-electron chi connectivity index (χ0n) is 6.76. The highest BCUT2D eigenvalue weighted by molar-refractivity contribution is 6.18. The van der Waals surface area contributed by atoms with Crippen LogP contribution in [0.15, 0.2) is 12.2 Å². The number of halogens is 1. The smallest absolute Gasteiger partial charge is 0.0647 e. The summed E-state index contributed by atoms with van der Waals surface area (Å²) < 4.78 is 5.34. The van der Waals surface area contributed by atoms with Gasteiger partial charge in [-0.2, -0.15) is 0 Å². The molecule has 0 N–H and O–H groups in total. The highest BCUT2D eigenvalue weighted by Gasteiger charge is 2.20. The Labute approximate surface area is 73.4 Å². The number of rotatable bonds is 6. The van der Waals surface area contributed by atoms with Crippen LogP contribution in [0.25, 0.3) is 0 Å². The molecule has 0 unspecified atom stereocenters. The maximum atomic E-state index is 5.43. The molecule has 1 saturated carbocycles. The third-order valence-corrected chi connectivity index (χ3v) is 2.02. The molecule has 1 nitrogen and oxygen atoms in total. The van der Waals surface area contributed by atoms with E-state index in [1.54, 1.807) is 0 Å². The molecule has 0 aliphatic heterocycles. The first kappa shape index (κ1) is 9.08. The van der Waals surface area contributed by atoms with E-state index in [2.05, 4.69) is 0 Å². The molecule has 1 aliphatic rings. The van der Waals surface area contributed by atoms with E-state index >= 15 is 0 Å². The highest BCUT2D eigenvalue weighted by atomic mass is 35.5. The molecule has 0 amide bonds. The summed E-state index contributed by atoms with van der Waals surface area (Å²) in [5.41, 5.74) is 0. The lowest BCUT2D eigenvalue weighted by molar-refractivity contribution is 0.155. The van der Waals surface area contributed by atoms with E-state index in [1.165, 1.54) is 19.3 Å². The number of hydrogen-bond acceptors (Lipinski definition) is 1. The summed E-state index contributed by atoms with van der Waals surface area (Å²) in [4.78, 5) is 0. The molecule has 2 heteroatoms. The van der Waals surface area contributed by atoms with Crippen LogP contribution in [0, 0.1) is 5.92 Å². The molecule has 0 atom stereocenters. The van der Waals surface area contributed by atoms with Crippen molar-refractivity contribution in [3.63, 3.8) is 0 Å². The van der Waals surface area contributed by atoms with Crippen LogP contribution in [0.1, 0.15) is 19.3 Å². The molecule has 0 heterocycles. The Morgan fingerprint density at radius 3 is 2.82 bits per heavy atom. The van der Waals surface area contributed by atoms with Crippen molar-refractivity contribution in [2.75, 3.05) is 19.1 Å². The lowest BCUT2D eigenvalue weighted by Gasteiger charge is -1.97. The average Bonchev–Trinajstić information content (AvgIpc) is 2.80. The molecular formula is C9H15ClO. The minimum Gasteiger partial charge on any atom is -0.377 e. The lowest BCUT2D eigenvalue weighted by Crippen LogP contribution is -1.94. The van der Waals surface area contributed by atoms with Crippen LogP contribution < -0.4 is 0 Å². The first-order chi connectivity index (χ1) is 5.43. The fourth-order valence-electron chi connectivity index (χ4n) is 0.939. The van der Waals surface area contributed by atoms with Crippen LogP contribution in [0.3, 0.4) is 0 Å². The van der Waals surface area contributed by atoms with Crippen molar-refractivity contribution in [1.82, 2.24) is 0 Å². The van der Waals surface area contributed by atoms with Gasteiger partial charge >= 0.3 is 0 Å².